The van der Waals surface area contributed by atoms with Gasteiger partial charge in [0.15, 0.2) is 0 Å². The number of carbonyl (C=O) groups is 1. The van der Waals surface area contributed by atoms with E-state index < -0.39 is 10.0 Å². The lowest BCUT2D eigenvalue weighted by molar-refractivity contribution is 0.0680. The Kier molecular flexibility index (Phi) is 7.09. The number of nitrogens with one attached hydrogen (secondary N) is 1. The molecule has 0 radical (unpaired) electrons. The molecule has 1 N–H and O–H groups in total. The highest BCUT2D eigenvalue weighted by molar-refractivity contribution is 7.89. The van der Waals surface area contributed by atoms with Gasteiger partial charge in [0, 0.05) is 17.5 Å². The van der Waals surface area contributed by atoms with Crippen LogP contribution in [0.5, 0.6) is 0 Å². The standard InChI is InChI=1S/C30H31N3O3S/c1-21(2)32-37(35,36)26-18-16-24(17-19-26)30(34)33-29(23-12-7-4-8-13-23)27-15-9-14-25(28(27)31-33)20-22-10-5-3-6-11-22/h3-8,10-13,16-21,27,29,32H,9,14-15H2,1-2H3/b25-20-/t27-,29-/m0/s1. The van der Waals surface area contributed by atoms with E-state index in [-0.39, 0.29) is 28.8 Å². The number of nitrogens with zero attached hydrogens (tertiary/aromatic N) is 2. The van der Waals surface area contributed by atoms with Gasteiger partial charge in [0.1, 0.15) is 0 Å². The number of amides is 1. The van der Waals surface area contributed by atoms with E-state index in [1.807, 2.05) is 48.5 Å². The van der Waals surface area contributed by atoms with E-state index in [2.05, 4.69) is 22.9 Å². The molecule has 1 aliphatic carbocycles. The molecule has 190 valence electrons. The van der Waals surface area contributed by atoms with E-state index in [4.69, 9.17) is 5.10 Å². The Hall–Kier alpha value is -3.55. The highest BCUT2D eigenvalue weighted by Gasteiger charge is 2.43. The van der Waals surface area contributed by atoms with Gasteiger partial charge in [0.05, 0.1) is 16.6 Å². The Morgan fingerprint density at radius 1 is 0.973 bits per heavy atom. The Bertz CT molecular complexity index is 1430. The molecular formula is C30H31N3O3S. The second-order valence-electron chi connectivity index (χ2n) is 9.87. The van der Waals surface area contributed by atoms with E-state index >= 15 is 0 Å². The molecule has 1 saturated carbocycles. The van der Waals surface area contributed by atoms with Gasteiger partial charge in [-0.3, -0.25) is 4.79 Å². The predicted molar refractivity (Wildman–Crippen MR) is 146 cm³/mol. The van der Waals surface area contributed by atoms with Gasteiger partial charge < -0.3 is 0 Å². The van der Waals surface area contributed by atoms with Crippen LogP contribution in [0.3, 0.4) is 0 Å². The number of rotatable bonds is 6. The van der Waals surface area contributed by atoms with Gasteiger partial charge in [0.25, 0.3) is 5.91 Å². The predicted octanol–water partition coefficient (Wildman–Crippen LogP) is 5.81. The van der Waals surface area contributed by atoms with Crippen molar-refractivity contribution in [1.82, 2.24) is 9.73 Å². The Balaban J connectivity index is 1.51. The molecule has 3 aromatic carbocycles. The van der Waals surface area contributed by atoms with E-state index in [0.29, 0.717) is 5.56 Å². The first-order valence-electron chi connectivity index (χ1n) is 12.7. The van der Waals surface area contributed by atoms with Gasteiger partial charge in [-0.1, -0.05) is 60.7 Å². The van der Waals surface area contributed by atoms with Gasteiger partial charge in [-0.2, -0.15) is 5.10 Å². The van der Waals surface area contributed by atoms with Crippen molar-refractivity contribution in [2.75, 3.05) is 0 Å². The molecule has 0 spiro atoms. The first kappa shape index (κ1) is 25.1. The highest BCUT2D eigenvalue weighted by Crippen LogP contribution is 2.44. The molecule has 0 aromatic heterocycles. The molecule has 0 unspecified atom stereocenters. The number of hydrogen-bond acceptors (Lipinski definition) is 4. The monoisotopic (exact) mass is 513 g/mol. The molecule has 6 nitrogen and oxygen atoms in total. The van der Waals surface area contributed by atoms with Crippen LogP contribution in [0.2, 0.25) is 0 Å². The molecule has 1 aliphatic heterocycles. The Morgan fingerprint density at radius 2 is 1.62 bits per heavy atom. The smallest absolute Gasteiger partial charge is 0.267 e. The second-order valence-corrected chi connectivity index (χ2v) is 11.6. The van der Waals surface area contributed by atoms with Gasteiger partial charge >= 0.3 is 0 Å². The van der Waals surface area contributed by atoms with Gasteiger partial charge in [-0.25, -0.2) is 18.1 Å². The maximum Gasteiger partial charge on any atom is 0.274 e. The van der Waals surface area contributed by atoms with Crippen molar-refractivity contribution in [3.8, 4) is 0 Å². The van der Waals surface area contributed by atoms with Crippen LogP contribution in [0.1, 0.15) is 60.6 Å². The maximum atomic E-state index is 13.8. The molecule has 1 fully saturated rings. The summed E-state index contributed by atoms with van der Waals surface area (Å²) in [5.41, 5.74) is 4.70. The average molecular weight is 514 g/mol. The number of hydrazone groups is 1. The quantitative estimate of drug-likeness (QED) is 0.452. The summed E-state index contributed by atoms with van der Waals surface area (Å²) in [7, 11) is -3.64. The van der Waals surface area contributed by atoms with Gasteiger partial charge in [-0.15, -0.1) is 0 Å². The third kappa shape index (κ3) is 5.29. The number of hydrogen-bond donors (Lipinski definition) is 1. The zero-order valence-corrected chi connectivity index (χ0v) is 21.9. The number of fused-ring (bicyclic) bond motifs is 1. The summed E-state index contributed by atoms with van der Waals surface area (Å²) in [6.07, 6.45) is 5.08. The molecule has 7 heteroatoms. The van der Waals surface area contributed by atoms with E-state index in [1.165, 1.54) is 17.7 Å². The van der Waals surface area contributed by atoms with Gasteiger partial charge in [-0.05, 0) is 80.2 Å². The van der Waals surface area contributed by atoms with Crippen molar-refractivity contribution < 1.29 is 13.2 Å². The number of benzene rings is 3. The fourth-order valence-corrected chi connectivity index (χ4v) is 6.44. The minimum absolute atomic E-state index is 0.102. The molecule has 2 aliphatic rings. The first-order valence-corrected chi connectivity index (χ1v) is 14.2. The first-order chi connectivity index (χ1) is 17.8. The van der Waals surface area contributed by atoms with Gasteiger partial charge in [0.2, 0.25) is 10.0 Å². The zero-order chi connectivity index (χ0) is 26.0. The average Bonchev–Trinajstić information content (AvgIpc) is 3.29. The number of allylic oxidation sites excluding steroid dienone is 1. The summed E-state index contributed by atoms with van der Waals surface area (Å²) in [5.74, 6) is -0.138. The van der Waals surface area contributed by atoms with Crippen molar-refractivity contribution in [3.63, 3.8) is 0 Å². The zero-order valence-electron chi connectivity index (χ0n) is 21.0. The van der Waals surface area contributed by atoms with Crippen LogP contribution < -0.4 is 4.72 Å². The van der Waals surface area contributed by atoms with E-state index in [9.17, 15) is 13.2 Å². The molecule has 0 bridgehead atoms. The lowest BCUT2D eigenvalue weighted by Crippen LogP contribution is -2.32. The molecule has 1 heterocycles. The topological polar surface area (TPSA) is 78.8 Å². The van der Waals surface area contributed by atoms with Crippen molar-refractivity contribution >= 4 is 27.7 Å². The van der Waals surface area contributed by atoms with Crippen LogP contribution in [0, 0.1) is 5.92 Å². The largest absolute Gasteiger partial charge is 0.274 e. The fraction of sp³-hybridized carbons (Fsp3) is 0.267. The normalized spacial score (nSPS) is 20.7. The molecule has 5 rings (SSSR count). The summed E-state index contributed by atoms with van der Waals surface area (Å²) < 4.78 is 27.7. The maximum absolute atomic E-state index is 13.8. The van der Waals surface area contributed by atoms with E-state index in [0.717, 1.165) is 36.1 Å². The molecular weight excluding hydrogens is 482 g/mol. The molecule has 1 amide bonds. The lowest BCUT2D eigenvalue weighted by Gasteiger charge is -2.29. The summed E-state index contributed by atoms with van der Waals surface area (Å²) in [4.78, 5) is 13.9. The number of carbonyl (C=O) groups excluding carboxylic acids is 1. The second kappa shape index (κ2) is 10.4. The van der Waals surface area contributed by atoms with Crippen molar-refractivity contribution in [2.24, 2.45) is 11.0 Å². The number of sulfonamides is 1. The van der Waals surface area contributed by atoms with Crippen LogP contribution in [-0.2, 0) is 10.0 Å². The summed E-state index contributed by atoms with van der Waals surface area (Å²) in [6, 6.07) is 25.9. The van der Waals surface area contributed by atoms with Crippen LogP contribution in [-0.4, -0.2) is 31.1 Å². The van der Waals surface area contributed by atoms with Crippen molar-refractivity contribution in [2.45, 2.75) is 50.1 Å². The summed E-state index contributed by atoms with van der Waals surface area (Å²) >= 11 is 0. The van der Waals surface area contributed by atoms with Crippen LogP contribution in [0.25, 0.3) is 6.08 Å². The molecule has 37 heavy (non-hydrogen) atoms. The van der Waals surface area contributed by atoms with Crippen LogP contribution >= 0.6 is 0 Å². The fourth-order valence-electron chi connectivity index (χ4n) is 5.19. The van der Waals surface area contributed by atoms with E-state index in [1.54, 1.807) is 31.0 Å². The highest BCUT2D eigenvalue weighted by atomic mass is 32.2. The summed E-state index contributed by atoms with van der Waals surface area (Å²) in [5, 5.41) is 6.54. The third-order valence-corrected chi connectivity index (χ3v) is 8.47. The Labute approximate surface area is 218 Å². The molecule has 3 aromatic rings. The van der Waals surface area contributed by atoms with Crippen molar-refractivity contribution in [1.29, 1.82) is 0 Å². The minimum Gasteiger partial charge on any atom is -0.267 e. The lowest BCUT2D eigenvalue weighted by atomic mass is 9.77. The summed E-state index contributed by atoms with van der Waals surface area (Å²) in [6.45, 7) is 3.54. The van der Waals surface area contributed by atoms with Crippen molar-refractivity contribution in [3.05, 3.63) is 107 Å². The molecule has 0 saturated heterocycles. The minimum atomic E-state index is -3.64. The van der Waals surface area contributed by atoms with Crippen LogP contribution in [0.15, 0.2) is 100 Å². The SMILES string of the molecule is CC(C)NS(=O)(=O)c1ccc(C(=O)N2N=C3/C(=C\c4ccccc4)CCC[C@@H]3[C@@H]2c2ccccc2)cc1. The molecule has 2 atom stereocenters. The third-order valence-electron chi connectivity index (χ3n) is 6.79. The van der Waals surface area contributed by atoms with Crippen LogP contribution in [0.4, 0.5) is 0 Å². The Morgan fingerprint density at radius 3 is 2.27 bits per heavy atom.